The lowest BCUT2D eigenvalue weighted by Crippen LogP contribution is -2.30. The fourth-order valence-corrected chi connectivity index (χ4v) is 2.27. The standard InChI is InChI=1S/C15H17ClFN3/c1-20(10-12-4-2-3-7-19-12)15(9-18)11-5-6-13(16)14(17)8-11/h2-8,15H,9-10,18H2,1H3. The van der Waals surface area contributed by atoms with Crippen LogP contribution in [0, 0.1) is 5.82 Å². The zero-order valence-electron chi connectivity index (χ0n) is 11.3. The topological polar surface area (TPSA) is 42.2 Å². The zero-order valence-corrected chi connectivity index (χ0v) is 12.0. The van der Waals surface area contributed by atoms with Crippen LogP contribution in [0.2, 0.25) is 5.02 Å². The zero-order chi connectivity index (χ0) is 14.5. The number of likely N-dealkylation sites (N-methyl/N-ethyl adjacent to an activating group) is 1. The lowest BCUT2D eigenvalue weighted by Gasteiger charge is -2.27. The molecule has 0 bridgehead atoms. The fourth-order valence-electron chi connectivity index (χ4n) is 2.15. The van der Waals surface area contributed by atoms with Crippen LogP contribution in [0.1, 0.15) is 17.3 Å². The second-order valence-corrected chi connectivity index (χ2v) is 5.07. The molecule has 106 valence electrons. The first-order chi connectivity index (χ1) is 9.61. The van der Waals surface area contributed by atoms with Gasteiger partial charge in [-0.25, -0.2) is 4.39 Å². The third kappa shape index (κ3) is 3.54. The first kappa shape index (κ1) is 14.9. The van der Waals surface area contributed by atoms with Gasteiger partial charge < -0.3 is 5.73 Å². The normalized spacial score (nSPS) is 12.7. The highest BCUT2D eigenvalue weighted by atomic mass is 35.5. The van der Waals surface area contributed by atoms with Crippen molar-refractivity contribution in [3.63, 3.8) is 0 Å². The van der Waals surface area contributed by atoms with Gasteiger partial charge in [-0.15, -0.1) is 0 Å². The highest BCUT2D eigenvalue weighted by molar-refractivity contribution is 6.30. The fraction of sp³-hybridized carbons (Fsp3) is 0.267. The number of rotatable bonds is 5. The van der Waals surface area contributed by atoms with Gasteiger partial charge in [0.25, 0.3) is 0 Å². The van der Waals surface area contributed by atoms with E-state index in [0.29, 0.717) is 13.1 Å². The molecule has 2 rings (SSSR count). The molecule has 0 spiro atoms. The number of aromatic nitrogens is 1. The van der Waals surface area contributed by atoms with Crippen LogP contribution in [0.15, 0.2) is 42.6 Å². The van der Waals surface area contributed by atoms with Crippen LogP contribution >= 0.6 is 11.6 Å². The monoisotopic (exact) mass is 293 g/mol. The van der Waals surface area contributed by atoms with Crippen molar-refractivity contribution < 1.29 is 4.39 Å². The molecule has 2 aromatic rings. The van der Waals surface area contributed by atoms with Gasteiger partial charge >= 0.3 is 0 Å². The second-order valence-electron chi connectivity index (χ2n) is 4.66. The van der Waals surface area contributed by atoms with Gasteiger partial charge in [0.05, 0.1) is 10.7 Å². The van der Waals surface area contributed by atoms with Gasteiger partial charge in [0.1, 0.15) is 5.82 Å². The van der Waals surface area contributed by atoms with Gasteiger partial charge in [0.15, 0.2) is 0 Å². The lowest BCUT2D eigenvalue weighted by atomic mass is 10.1. The summed E-state index contributed by atoms with van der Waals surface area (Å²) in [5.41, 5.74) is 7.59. The molecule has 0 radical (unpaired) electrons. The van der Waals surface area contributed by atoms with Crippen LogP contribution in [0.25, 0.3) is 0 Å². The van der Waals surface area contributed by atoms with E-state index >= 15 is 0 Å². The summed E-state index contributed by atoms with van der Waals surface area (Å²) >= 11 is 5.71. The molecular formula is C15H17ClFN3. The summed E-state index contributed by atoms with van der Waals surface area (Å²) in [6.45, 7) is 1.04. The number of benzene rings is 1. The van der Waals surface area contributed by atoms with Gasteiger partial charge in [-0.05, 0) is 36.9 Å². The van der Waals surface area contributed by atoms with Crippen molar-refractivity contribution in [3.05, 3.63) is 64.7 Å². The Bertz CT molecular complexity index is 562. The van der Waals surface area contributed by atoms with Crippen LogP contribution < -0.4 is 5.73 Å². The Hall–Kier alpha value is -1.49. The molecule has 2 N–H and O–H groups in total. The van der Waals surface area contributed by atoms with E-state index < -0.39 is 5.82 Å². The summed E-state index contributed by atoms with van der Waals surface area (Å²) in [5, 5.41) is 0.122. The molecule has 1 heterocycles. The molecule has 1 aromatic heterocycles. The van der Waals surface area contributed by atoms with Crippen LogP contribution in [-0.2, 0) is 6.54 Å². The molecule has 0 aliphatic rings. The molecule has 0 fully saturated rings. The molecule has 1 atom stereocenters. The van der Waals surface area contributed by atoms with Crippen LogP contribution in [0.3, 0.4) is 0 Å². The Kier molecular flexibility index (Phi) is 5.06. The van der Waals surface area contributed by atoms with Crippen molar-refractivity contribution in [2.45, 2.75) is 12.6 Å². The van der Waals surface area contributed by atoms with Crippen molar-refractivity contribution in [2.24, 2.45) is 5.73 Å². The molecule has 1 unspecified atom stereocenters. The first-order valence-electron chi connectivity index (χ1n) is 6.37. The SMILES string of the molecule is CN(Cc1ccccn1)C(CN)c1ccc(Cl)c(F)c1. The van der Waals surface area contributed by atoms with Crippen LogP contribution in [0.5, 0.6) is 0 Å². The number of pyridine rings is 1. The summed E-state index contributed by atoms with van der Waals surface area (Å²) in [4.78, 5) is 6.33. The summed E-state index contributed by atoms with van der Waals surface area (Å²) in [6, 6.07) is 10.5. The maximum absolute atomic E-state index is 13.6. The minimum absolute atomic E-state index is 0.0798. The minimum atomic E-state index is -0.422. The van der Waals surface area contributed by atoms with Crippen molar-refractivity contribution in [3.8, 4) is 0 Å². The number of nitrogens with two attached hydrogens (primary N) is 1. The van der Waals surface area contributed by atoms with E-state index in [1.54, 1.807) is 18.3 Å². The van der Waals surface area contributed by atoms with Gasteiger partial charge in [-0.1, -0.05) is 23.7 Å². The van der Waals surface area contributed by atoms with Gasteiger partial charge in [-0.3, -0.25) is 9.88 Å². The van der Waals surface area contributed by atoms with Gasteiger partial charge in [0.2, 0.25) is 0 Å². The van der Waals surface area contributed by atoms with E-state index in [1.807, 2.05) is 30.1 Å². The van der Waals surface area contributed by atoms with Gasteiger partial charge in [-0.2, -0.15) is 0 Å². The summed E-state index contributed by atoms with van der Waals surface area (Å²) in [5.74, 6) is -0.422. The van der Waals surface area contributed by atoms with Crippen molar-refractivity contribution in [1.82, 2.24) is 9.88 Å². The Morgan fingerprint density at radius 1 is 1.35 bits per heavy atom. The molecule has 3 nitrogen and oxygen atoms in total. The number of halogens is 2. The molecule has 0 aliphatic heterocycles. The average Bonchev–Trinajstić information content (AvgIpc) is 2.44. The maximum atomic E-state index is 13.6. The van der Waals surface area contributed by atoms with E-state index in [2.05, 4.69) is 4.98 Å². The quantitative estimate of drug-likeness (QED) is 0.921. The number of hydrogen-bond acceptors (Lipinski definition) is 3. The average molecular weight is 294 g/mol. The highest BCUT2D eigenvalue weighted by Gasteiger charge is 2.17. The Labute approximate surface area is 123 Å². The van der Waals surface area contributed by atoms with E-state index in [0.717, 1.165) is 11.3 Å². The summed E-state index contributed by atoms with van der Waals surface area (Å²) in [6.07, 6.45) is 1.75. The number of nitrogens with zero attached hydrogens (tertiary/aromatic N) is 2. The molecule has 5 heteroatoms. The molecule has 0 saturated carbocycles. The molecule has 0 aliphatic carbocycles. The third-order valence-corrected chi connectivity index (χ3v) is 3.53. The molecule has 0 amide bonds. The van der Waals surface area contributed by atoms with Crippen LogP contribution in [0.4, 0.5) is 4.39 Å². The lowest BCUT2D eigenvalue weighted by molar-refractivity contribution is 0.238. The minimum Gasteiger partial charge on any atom is -0.329 e. The smallest absolute Gasteiger partial charge is 0.142 e. The van der Waals surface area contributed by atoms with E-state index in [1.165, 1.54) is 6.07 Å². The molecular weight excluding hydrogens is 277 g/mol. The van der Waals surface area contributed by atoms with E-state index in [4.69, 9.17) is 17.3 Å². The Balaban J connectivity index is 2.16. The van der Waals surface area contributed by atoms with Crippen molar-refractivity contribution in [1.29, 1.82) is 0 Å². The predicted molar refractivity (Wildman–Crippen MR) is 78.9 cm³/mol. The molecule has 0 saturated heterocycles. The van der Waals surface area contributed by atoms with Gasteiger partial charge in [0, 0.05) is 25.3 Å². The van der Waals surface area contributed by atoms with E-state index in [-0.39, 0.29) is 11.1 Å². The van der Waals surface area contributed by atoms with Crippen molar-refractivity contribution in [2.75, 3.05) is 13.6 Å². The molecule has 1 aromatic carbocycles. The molecule has 20 heavy (non-hydrogen) atoms. The largest absolute Gasteiger partial charge is 0.329 e. The Morgan fingerprint density at radius 2 is 2.15 bits per heavy atom. The first-order valence-corrected chi connectivity index (χ1v) is 6.74. The predicted octanol–water partition coefficient (Wildman–Crippen LogP) is 3.01. The summed E-state index contributed by atoms with van der Waals surface area (Å²) in [7, 11) is 1.94. The van der Waals surface area contributed by atoms with Crippen molar-refractivity contribution >= 4 is 11.6 Å². The maximum Gasteiger partial charge on any atom is 0.142 e. The highest BCUT2D eigenvalue weighted by Crippen LogP contribution is 2.24. The van der Waals surface area contributed by atoms with Crippen LogP contribution in [-0.4, -0.2) is 23.5 Å². The second kappa shape index (κ2) is 6.79. The third-order valence-electron chi connectivity index (χ3n) is 3.22. The summed E-state index contributed by atoms with van der Waals surface area (Å²) < 4.78 is 13.6. The van der Waals surface area contributed by atoms with E-state index in [9.17, 15) is 4.39 Å². The number of hydrogen-bond donors (Lipinski definition) is 1. The Morgan fingerprint density at radius 3 is 2.75 bits per heavy atom.